The Morgan fingerprint density at radius 1 is 1.12 bits per heavy atom. The lowest BCUT2D eigenvalue weighted by atomic mass is 9.69. The smallest absolute Gasteiger partial charge is 0.415 e. The van der Waals surface area contributed by atoms with Crippen LogP contribution < -0.4 is 13.9 Å². The molecule has 2 heterocycles. The van der Waals surface area contributed by atoms with Crippen molar-refractivity contribution in [3.05, 3.63) is 17.4 Å². The molecule has 0 bridgehead atoms. The van der Waals surface area contributed by atoms with Crippen molar-refractivity contribution in [1.82, 2.24) is 9.62 Å². The fourth-order valence-corrected chi connectivity index (χ4v) is 6.93. The quantitative estimate of drug-likeness (QED) is 0.476. The van der Waals surface area contributed by atoms with Gasteiger partial charge < -0.3 is 19.5 Å². The summed E-state index contributed by atoms with van der Waals surface area (Å²) < 4.78 is 54.6. The van der Waals surface area contributed by atoms with Gasteiger partial charge in [-0.1, -0.05) is 13.8 Å². The number of phenols is 1. The van der Waals surface area contributed by atoms with Crippen LogP contribution in [0.5, 0.6) is 5.75 Å². The van der Waals surface area contributed by atoms with E-state index in [1.165, 1.54) is 9.80 Å². The first-order valence-corrected chi connectivity index (χ1v) is 16.0. The van der Waals surface area contributed by atoms with Crippen LogP contribution >= 0.6 is 0 Å². The van der Waals surface area contributed by atoms with Gasteiger partial charge in [0, 0.05) is 31.1 Å². The number of phenolic OH excluding ortho intramolecular Hbond substituents is 1. The maximum absolute atomic E-state index is 16.1. The summed E-state index contributed by atoms with van der Waals surface area (Å²) in [5.74, 6) is -1.43. The zero-order valence-electron chi connectivity index (χ0n) is 26.1. The fraction of sp³-hybridized carbons (Fsp3) is 0.690. The van der Waals surface area contributed by atoms with Gasteiger partial charge in [0.15, 0.2) is 5.82 Å². The third-order valence-electron chi connectivity index (χ3n) is 7.80. The summed E-state index contributed by atoms with van der Waals surface area (Å²) in [6.07, 6.45) is 0.390. The molecule has 2 fully saturated rings. The lowest BCUT2D eigenvalue weighted by Gasteiger charge is -2.42. The average Bonchev–Trinajstić information content (AvgIpc) is 3.27. The number of halogens is 1. The Balaban J connectivity index is 1.71. The van der Waals surface area contributed by atoms with Crippen molar-refractivity contribution in [2.45, 2.75) is 91.9 Å². The van der Waals surface area contributed by atoms with E-state index in [1.807, 2.05) is 0 Å². The van der Waals surface area contributed by atoms with Crippen molar-refractivity contribution < 1.29 is 41.8 Å². The number of nitrogens with one attached hydrogen (secondary N) is 1. The predicted molar refractivity (Wildman–Crippen MR) is 158 cm³/mol. The van der Waals surface area contributed by atoms with Crippen LogP contribution in [0.4, 0.5) is 25.4 Å². The summed E-state index contributed by atoms with van der Waals surface area (Å²) in [5.41, 5.74) is -2.45. The number of hydrogen-bond donors (Lipinski definition) is 2. The molecule has 1 saturated heterocycles. The second kappa shape index (κ2) is 11.3. The molecule has 12 nitrogen and oxygen atoms in total. The van der Waals surface area contributed by atoms with Crippen LogP contribution in [-0.2, 0) is 30.9 Å². The first-order chi connectivity index (χ1) is 19.7. The number of fused-ring (bicyclic) bond motifs is 1. The third kappa shape index (κ3) is 7.10. The topological polar surface area (TPSA) is 146 Å². The van der Waals surface area contributed by atoms with Gasteiger partial charge in [-0.25, -0.2) is 23.0 Å². The highest BCUT2D eigenvalue weighted by Gasteiger charge is 2.45. The molecule has 240 valence electrons. The Kier molecular flexibility index (Phi) is 8.59. The summed E-state index contributed by atoms with van der Waals surface area (Å²) in [6, 6.07) is 0.268. The summed E-state index contributed by atoms with van der Waals surface area (Å²) in [5, 5.41) is 10.8. The van der Waals surface area contributed by atoms with Crippen molar-refractivity contribution in [2.75, 3.05) is 28.8 Å². The van der Waals surface area contributed by atoms with E-state index in [0.717, 1.165) is 18.9 Å². The Labute approximate surface area is 252 Å². The number of carbonyl (C=O) groups excluding carboxylic acids is 3. The summed E-state index contributed by atoms with van der Waals surface area (Å²) >= 11 is 0. The van der Waals surface area contributed by atoms with Crippen LogP contribution in [0, 0.1) is 23.6 Å². The molecule has 3 amide bonds. The maximum atomic E-state index is 16.1. The number of anilines is 2. The van der Waals surface area contributed by atoms with Crippen molar-refractivity contribution in [3.63, 3.8) is 0 Å². The Bertz CT molecular complexity index is 1400. The molecule has 4 rings (SSSR count). The van der Waals surface area contributed by atoms with Gasteiger partial charge in [-0.05, 0) is 72.1 Å². The van der Waals surface area contributed by atoms with Gasteiger partial charge in [-0.3, -0.25) is 9.69 Å². The molecule has 1 atom stereocenters. The standard InChI is InChI=1S/C29H43FN4O8S/c1-16(2)18-9-17(10-18)13-32(26(37)41-28(3,4)5)14-19-11-20-21(34(19)27(38)42-29(6,7)8)12-22(35)25(24(20)30)33-15-23(36)31-43(33,39)40/h12,16-19,35H,9-11,13-15H2,1-8H3,(H,31,36)/t17?,18?,19-/m1/s1. The van der Waals surface area contributed by atoms with Gasteiger partial charge in [0.1, 0.15) is 29.2 Å². The molecule has 43 heavy (non-hydrogen) atoms. The highest BCUT2D eigenvalue weighted by atomic mass is 32.2. The van der Waals surface area contributed by atoms with Gasteiger partial charge in [0.2, 0.25) is 0 Å². The number of ether oxygens (including phenoxy) is 2. The van der Waals surface area contributed by atoms with E-state index >= 15 is 4.39 Å². The average molecular weight is 627 g/mol. The highest BCUT2D eigenvalue weighted by molar-refractivity contribution is 7.92. The highest BCUT2D eigenvalue weighted by Crippen LogP contribution is 2.46. The second-order valence-corrected chi connectivity index (χ2v) is 15.6. The van der Waals surface area contributed by atoms with Crippen molar-refractivity contribution >= 4 is 39.7 Å². The molecule has 2 N–H and O–H groups in total. The molecule has 14 heteroatoms. The van der Waals surface area contributed by atoms with Gasteiger partial charge in [-0.15, -0.1) is 0 Å². The molecule has 0 radical (unpaired) electrons. The SMILES string of the molecule is CC(C)C1CC(CN(C[C@H]2Cc3c(cc(O)c(N4CC(=O)NS4(=O)=O)c3F)N2C(=O)OC(C)(C)C)C(=O)OC(C)(C)C)C1. The number of aromatic hydroxyl groups is 1. The zero-order valence-corrected chi connectivity index (χ0v) is 26.9. The predicted octanol–water partition coefficient (Wildman–Crippen LogP) is 4.30. The lowest BCUT2D eigenvalue weighted by Crippen LogP contribution is -2.51. The molecule has 1 aromatic rings. The minimum atomic E-state index is -4.43. The number of hydrogen-bond acceptors (Lipinski definition) is 8. The summed E-state index contributed by atoms with van der Waals surface area (Å²) in [6.45, 7) is 14.3. The van der Waals surface area contributed by atoms with Crippen molar-refractivity contribution in [3.8, 4) is 5.75 Å². The van der Waals surface area contributed by atoms with E-state index < -0.39 is 69.3 Å². The fourth-order valence-electron chi connectivity index (χ4n) is 5.77. The number of carbonyl (C=O) groups is 3. The molecule has 0 spiro atoms. The minimum absolute atomic E-state index is 0.0125. The molecule has 0 aromatic heterocycles. The Hall–Kier alpha value is -3.29. The van der Waals surface area contributed by atoms with Crippen LogP contribution in [0.1, 0.15) is 73.8 Å². The molecular weight excluding hydrogens is 583 g/mol. The van der Waals surface area contributed by atoms with E-state index in [1.54, 1.807) is 46.3 Å². The normalized spacial score (nSPS) is 23.1. The van der Waals surface area contributed by atoms with Crippen LogP contribution in [-0.4, -0.2) is 73.4 Å². The monoisotopic (exact) mass is 626 g/mol. The molecule has 1 saturated carbocycles. The van der Waals surface area contributed by atoms with Crippen molar-refractivity contribution in [2.24, 2.45) is 17.8 Å². The molecule has 2 aliphatic heterocycles. The van der Waals surface area contributed by atoms with E-state index in [-0.39, 0.29) is 30.1 Å². The third-order valence-corrected chi connectivity index (χ3v) is 9.18. The Morgan fingerprint density at radius 2 is 1.72 bits per heavy atom. The van der Waals surface area contributed by atoms with Crippen LogP contribution in [0.15, 0.2) is 6.07 Å². The Morgan fingerprint density at radius 3 is 2.23 bits per heavy atom. The number of benzene rings is 1. The summed E-state index contributed by atoms with van der Waals surface area (Å²) in [4.78, 5) is 41.5. The molecule has 1 aliphatic carbocycles. The molecule has 1 aromatic carbocycles. The molecule has 0 unspecified atom stereocenters. The number of amides is 3. The number of nitrogens with zero attached hydrogens (tertiary/aromatic N) is 3. The van der Waals surface area contributed by atoms with E-state index in [2.05, 4.69) is 13.8 Å². The van der Waals surface area contributed by atoms with Gasteiger partial charge in [-0.2, -0.15) is 8.42 Å². The van der Waals surface area contributed by atoms with E-state index in [0.29, 0.717) is 22.7 Å². The van der Waals surface area contributed by atoms with Crippen LogP contribution in [0.2, 0.25) is 0 Å². The van der Waals surface area contributed by atoms with E-state index in [4.69, 9.17) is 9.47 Å². The largest absolute Gasteiger partial charge is 0.506 e. The minimum Gasteiger partial charge on any atom is -0.506 e. The lowest BCUT2D eigenvalue weighted by molar-refractivity contribution is -0.117. The first kappa shape index (κ1) is 32.6. The van der Waals surface area contributed by atoms with Crippen molar-refractivity contribution in [1.29, 1.82) is 0 Å². The molecule has 3 aliphatic rings. The second-order valence-electron chi connectivity index (χ2n) is 14.0. The van der Waals surface area contributed by atoms with Gasteiger partial charge in [0.25, 0.3) is 5.91 Å². The van der Waals surface area contributed by atoms with E-state index in [9.17, 15) is 27.9 Å². The summed E-state index contributed by atoms with van der Waals surface area (Å²) in [7, 11) is -4.43. The number of rotatable bonds is 6. The van der Waals surface area contributed by atoms with Crippen LogP contribution in [0.3, 0.4) is 0 Å². The molecular formula is C29H43FN4O8S. The van der Waals surface area contributed by atoms with Gasteiger partial charge in [0.05, 0.1) is 11.7 Å². The first-order valence-electron chi connectivity index (χ1n) is 14.5. The van der Waals surface area contributed by atoms with Gasteiger partial charge >= 0.3 is 22.4 Å². The zero-order chi connectivity index (χ0) is 32.2. The van der Waals surface area contributed by atoms with Crippen LogP contribution in [0.25, 0.3) is 0 Å². The maximum Gasteiger partial charge on any atom is 0.415 e.